The summed E-state index contributed by atoms with van der Waals surface area (Å²) < 4.78 is 0. The van der Waals surface area contributed by atoms with Crippen LogP contribution in [0.15, 0.2) is 0 Å². The average Bonchev–Trinajstić information content (AvgIpc) is 2.82. The normalized spacial score (nSPS) is 11.2. The number of hydrogen-bond donors (Lipinski definition) is 2. The van der Waals surface area contributed by atoms with Crippen LogP contribution in [0.2, 0.25) is 0 Å². The molecule has 3 aromatic carbocycles. The highest BCUT2D eigenvalue weighted by Gasteiger charge is 2.21. The lowest BCUT2D eigenvalue weighted by molar-refractivity contribution is 1.16. The predicted octanol–water partition coefficient (Wildman–Crippen LogP) is 9.49. The lowest BCUT2D eigenvalue weighted by Gasteiger charge is -2.28. The molecule has 2 heteroatoms. The Bertz CT molecular complexity index is 1160. The molecule has 0 unspecified atom stereocenters. The molecule has 2 nitrogen and oxygen atoms in total. The number of anilines is 4. The maximum atomic E-state index is 3.93. The summed E-state index contributed by atoms with van der Waals surface area (Å²) in [5, 5.41) is 7.86. The van der Waals surface area contributed by atoms with Crippen molar-refractivity contribution < 1.29 is 0 Å². The summed E-state index contributed by atoms with van der Waals surface area (Å²) in [4.78, 5) is 0. The van der Waals surface area contributed by atoms with Crippen molar-refractivity contribution in [3.8, 4) is 0 Å². The molecule has 34 heavy (non-hydrogen) atoms. The summed E-state index contributed by atoms with van der Waals surface area (Å²) in [5.74, 6) is 0. The van der Waals surface area contributed by atoms with Gasteiger partial charge >= 0.3 is 0 Å². The molecule has 0 saturated carbocycles. The number of benzene rings is 3. The second kappa shape index (κ2) is 9.13. The fraction of sp³-hybridized carbons (Fsp3) is 0.438. The van der Waals surface area contributed by atoms with Gasteiger partial charge in [-0.2, -0.15) is 0 Å². The monoisotopic (exact) mass is 456 g/mol. The molecule has 0 aromatic heterocycles. The summed E-state index contributed by atoms with van der Waals surface area (Å²) in [6, 6.07) is 0. The van der Waals surface area contributed by atoms with Crippen molar-refractivity contribution in [1.82, 2.24) is 0 Å². The van der Waals surface area contributed by atoms with Crippen molar-refractivity contribution in [3.63, 3.8) is 0 Å². The SMILES string of the molecule is Cc1c(C)c(C)c(Nc2c(C)c(C)c(C)c(C)c2Nc2c(C)c(C)c(C)c(C)c2C)c(C)c1C. The Morgan fingerprint density at radius 2 is 0.353 bits per heavy atom. The van der Waals surface area contributed by atoms with Crippen LogP contribution in [0.1, 0.15) is 77.9 Å². The second-order valence-electron chi connectivity index (χ2n) is 10.5. The topological polar surface area (TPSA) is 24.1 Å². The lowest BCUT2D eigenvalue weighted by atomic mass is 9.90. The van der Waals surface area contributed by atoms with Gasteiger partial charge in [-0.1, -0.05) is 0 Å². The molecule has 0 bridgehead atoms. The van der Waals surface area contributed by atoms with Crippen LogP contribution in [0.25, 0.3) is 0 Å². The zero-order valence-electron chi connectivity index (χ0n) is 24.0. The van der Waals surface area contributed by atoms with Gasteiger partial charge in [0.05, 0.1) is 11.4 Å². The van der Waals surface area contributed by atoms with Crippen molar-refractivity contribution >= 4 is 22.7 Å². The van der Waals surface area contributed by atoms with Crippen LogP contribution in [-0.4, -0.2) is 0 Å². The molecule has 3 rings (SSSR count). The quantitative estimate of drug-likeness (QED) is 0.408. The van der Waals surface area contributed by atoms with E-state index in [0.717, 1.165) is 0 Å². The fourth-order valence-electron chi connectivity index (χ4n) is 5.25. The van der Waals surface area contributed by atoms with Crippen molar-refractivity contribution in [3.05, 3.63) is 77.9 Å². The molecule has 0 radical (unpaired) electrons. The van der Waals surface area contributed by atoms with E-state index in [1.807, 2.05) is 0 Å². The van der Waals surface area contributed by atoms with E-state index < -0.39 is 0 Å². The average molecular weight is 457 g/mol. The smallest absolute Gasteiger partial charge is 0.0658 e. The molecule has 0 atom stereocenters. The minimum atomic E-state index is 1.18. The first-order chi connectivity index (χ1) is 15.7. The van der Waals surface area contributed by atoms with Crippen molar-refractivity contribution in [2.24, 2.45) is 0 Å². The van der Waals surface area contributed by atoms with Gasteiger partial charge in [-0.05, 0) is 175 Å². The molecule has 0 spiro atoms. The van der Waals surface area contributed by atoms with Crippen LogP contribution >= 0.6 is 0 Å². The zero-order chi connectivity index (χ0) is 25.8. The maximum absolute atomic E-state index is 3.93. The van der Waals surface area contributed by atoms with Gasteiger partial charge in [-0.15, -0.1) is 0 Å². The van der Waals surface area contributed by atoms with Crippen LogP contribution in [0.4, 0.5) is 22.7 Å². The van der Waals surface area contributed by atoms with E-state index in [4.69, 9.17) is 0 Å². The maximum Gasteiger partial charge on any atom is 0.0658 e. The molecule has 0 aliphatic rings. The number of rotatable bonds is 4. The minimum Gasteiger partial charge on any atom is -0.353 e. The highest BCUT2D eigenvalue weighted by molar-refractivity contribution is 5.88. The predicted molar refractivity (Wildman–Crippen MR) is 152 cm³/mol. The van der Waals surface area contributed by atoms with Gasteiger partial charge in [0.1, 0.15) is 0 Å². The van der Waals surface area contributed by atoms with Gasteiger partial charge in [0, 0.05) is 11.4 Å². The Hall–Kier alpha value is -2.74. The highest BCUT2D eigenvalue weighted by atomic mass is 15.0. The highest BCUT2D eigenvalue weighted by Crippen LogP contribution is 2.43. The molecule has 0 aliphatic heterocycles. The van der Waals surface area contributed by atoms with E-state index in [2.05, 4.69) is 108 Å². The van der Waals surface area contributed by atoms with Crippen molar-refractivity contribution in [1.29, 1.82) is 0 Å². The van der Waals surface area contributed by atoms with E-state index in [0.29, 0.717) is 0 Å². The van der Waals surface area contributed by atoms with Crippen LogP contribution < -0.4 is 10.6 Å². The summed E-state index contributed by atoms with van der Waals surface area (Å²) in [6.07, 6.45) is 0. The fourth-order valence-corrected chi connectivity index (χ4v) is 5.25. The van der Waals surface area contributed by atoms with E-state index in [1.54, 1.807) is 0 Å². The standard InChI is InChI=1S/C32H44N2/c1-15-17(3)23(9)29(24(10)18(15)4)33-31-27(13)21(7)22(8)28(14)32(31)34-30-25(11)19(5)16(2)20(6)26(30)12/h33-34H,1-14H3. The largest absolute Gasteiger partial charge is 0.353 e. The van der Waals surface area contributed by atoms with Crippen molar-refractivity contribution in [2.75, 3.05) is 10.6 Å². The summed E-state index contributed by atoms with van der Waals surface area (Å²) >= 11 is 0. The second-order valence-corrected chi connectivity index (χ2v) is 10.5. The molecular formula is C32H44N2. The summed E-state index contributed by atoms with van der Waals surface area (Å²) in [7, 11) is 0. The van der Waals surface area contributed by atoms with Gasteiger partial charge in [-0.25, -0.2) is 0 Å². The Labute approximate surface area is 208 Å². The van der Waals surface area contributed by atoms with Crippen LogP contribution in [0, 0.1) is 96.9 Å². The van der Waals surface area contributed by atoms with Gasteiger partial charge < -0.3 is 10.6 Å². The zero-order valence-corrected chi connectivity index (χ0v) is 24.0. The Morgan fingerprint density at radius 1 is 0.206 bits per heavy atom. The summed E-state index contributed by atoms with van der Waals surface area (Å²) in [5.41, 5.74) is 23.7. The molecule has 182 valence electrons. The first kappa shape index (κ1) is 25.9. The van der Waals surface area contributed by atoms with Crippen LogP contribution in [0.5, 0.6) is 0 Å². The molecule has 3 aromatic rings. The Balaban J connectivity index is 2.32. The molecule has 0 amide bonds. The molecule has 0 fully saturated rings. The van der Waals surface area contributed by atoms with E-state index >= 15 is 0 Å². The first-order valence-electron chi connectivity index (χ1n) is 12.5. The van der Waals surface area contributed by atoms with E-state index in [1.165, 1.54) is 101 Å². The van der Waals surface area contributed by atoms with Crippen LogP contribution in [-0.2, 0) is 0 Å². The van der Waals surface area contributed by atoms with Crippen LogP contribution in [0.3, 0.4) is 0 Å². The molecule has 0 saturated heterocycles. The number of nitrogens with one attached hydrogen (secondary N) is 2. The third kappa shape index (κ3) is 3.91. The lowest BCUT2D eigenvalue weighted by Crippen LogP contribution is -2.10. The Kier molecular flexibility index (Phi) is 6.95. The van der Waals surface area contributed by atoms with Gasteiger partial charge in [0.25, 0.3) is 0 Å². The van der Waals surface area contributed by atoms with E-state index in [9.17, 15) is 0 Å². The van der Waals surface area contributed by atoms with E-state index in [-0.39, 0.29) is 0 Å². The molecular weight excluding hydrogens is 412 g/mol. The third-order valence-corrected chi connectivity index (χ3v) is 9.19. The first-order valence-corrected chi connectivity index (χ1v) is 12.5. The van der Waals surface area contributed by atoms with Gasteiger partial charge in [0.2, 0.25) is 0 Å². The molecule has 0 aliphatic carbocycles. The van der Waals surface area contributed by atoms with Gasteiger partial charge in [0.15, 0.2) is 0 Å². The van der Waals surface area contributed by atoms with Crippen molar-refractivity contribution in [2.45, 2.75) is 96.9 Å². The minimum absolute atomic E-state index is 1.18. The number of hydrogen-bond acceptors (Lipinski definition) is 2. The third-order valence-electron chi connectivity index (χ3n) is 9.19. The molecule has 0 heterocycles. The Morgan fingerprint density at radius 3 is 0.559 bits per heavy atom. The molecule has 2 N–H and O–H groups in total. The summed E-state index contributed by atoms with van der Waals surface area (Å²) in [6.45, 7) is 31.4. The van der Waals surface area contributed by atoms with Gasteiger partial charge in [-0.3, -0.25) is 0 Å².